The number of nitrogens with one attached hydrogen (secondary N) is 1. The maximum atomic E-state index is 5.50. The van der Waals surface area contributed by atoms with E-state index in [9.17, 15) is 0 Å². The van der Waals surface area contributed by atoms with E-state index in [1.807, 2.05) is 35.0 Å². The van der Waals surface area contributed by atoms with Crippen LogP contribution >= 0.6 is 0 Å². The highest BCUT2D eigenvalue weighted by atomic mass is 15.3. The van der Waals surface area contributed by atoms with Gasteiger partial charge in [0.2, 0.25) is 0 Å². The Balaban J connectivity index is 1.89. The Labute approximate surface area is 123 Å². The summed E-state index contributed by atoms with van der Waals surface area (Å²) in [7, 11) is 0. The SMILES string of the molecule is NCCCCNc1ncnc2c1cnn2-c1ccccc1. The lowest BCUT2D eigenvalue weighted by Crippen LogP contribution is -2.07. The normalized spacial score (nSPS) is 10.9. The summed E-state index contributed by atoms with van der Waals surface area (Å²) in [5, 5.41) is 8.68. The van der Waals surface area contributed by atoms with Gasteiger partial charge in [-0.15, -0.1) is 0 Å². The minimum absolute atomic E-state index is 0.715. The number of fused-ring (bicyclic) bond motifs is 1. The van der Waals surface area contributed by atoms with E-state index in [-0.39, 0.29) is 0 Å². The van der Waals surface area contributed by atoms with Gasteiger partial charge >= 0.3 is 0 Å². The minimum atomic E-state index is 0.715. The van der Waals surface area contributed by atoms with E-state index < -0.39 is 0 Å². The summed E-state index contributed by atoms with van der Waals surface area (Å²) < 4.78 is 1.82. The van der Waals surface area contributed by atoms with Crippen LogP contribution in [0.5, 0.6) is 0 Å². The van der Waals surface area contributed by atoms with Crippen LogP contribution in [0.3, 0.4) is 0 Å². The van der Waals surface area contributed by atoms with E-state index in [1.165, 1.54) is 0 Å². The van der Waals surface area contributed by atoms with Crippen LogP contribution in [0.4, 0.5) is 5.82 Å². The summed E-state index contributed by atoms with van der Waals surface area (Å²) in [6, 6.07) is 9.95. The molecule has 1 aromatic carbocycles. The highest BCUT2D eigenvalue weighted by molar-refractivity contribution is 5.87. The molecule has 108 valence electrons. The van der Waals surface area contributed by atoms with Crippen LogP contribution in [-0.2, 0) is 0 Å². The lowest BCUT2D eigenvalue weighted by Gasteiger charge is -2.06. The molecule has 0 radical (unpaired) electrons. The van der Waals surface area contributed by atoms with Crippen molar-refractivity contribution in [2.45, 2.75) is 12.8 Å². The van der Waals surface area contributed by atoms with E-state index in [0.717, 1.165) is 41.9 Å². The van der Waals surface area contributed by atoms with Crippen molar-refractivity contribution in [2.24, 2.45) is 5.73 Å². The molecule has 0 atom stereocenters. The number of unbranched alkanes of at least 4 members (excludes halogenated alkanes) is 1. The third-order valence-corrected chi connectivity index (χ3v) is 3.29. The number of para-hydroxylation sites is 1. The topological polar surface area (TPSA) is 81.7 Å². The van der Waals surface area contributed by atoms with Gasteiger partial charge in [0.25, 0.3) is 0 Å². The average Bonchev–Trinajstić information content (AvgIpc) is 2.97. The number of rotatable bonds is 6. The molecule has 0 amide bonds. The zero-order valence-electron chi connectivity index (χ0n) is 11.7. The van der Waals surface area contributed by atoms with Crippen molar-refractivity contribution in [2.75, 3.05) is 18.4 Å². The molecule has 21 heavy (non-hydrogen) atoms. The molecule has 3 aromatic rings. The van der Waals surface area contributed by atoms with Crippen LogP contribution in [0.1, 0.15) is 12.8 Å². The van der Waals surface area contributed by atoms with E-state index in [1.54, 1.807) is 12.5 Å². The zero-order valence-corrected chi connectivity index (χ0v) is 11.7. The van der Waals surface area contributed by atoms with Crippen molar-refractivity contribution in [3.8, 4) is 5.69 Å². The van der Waals surface area contributed by atoms with Crippen LogP contribution in [0.2, 0.25) is 0 Å². The van der Waals surface area contributed by atoms with Crippen LogP contribution in [0, 0.1) is 0 Å². The quantitative estimate of drug-likeness (QED) is 0.675. The molecule has 2 aromatic heterocycles. The predicted octanol–water partition coefficient (Wildman–Crippen LogP) is 1.97. The van der Waals surface area contributed by atoms with Gasteiger partial charge < -0.3 is 11.1 Å². The first-order valence-corrected chi connectivity index (χ1v) is 7.08. The van der Waals surface area contributed by atoms with Crippen LogP contribution in [0.25, 0.3) is 16.7 Å². The molecule has 0 unspecified atom stereocenters. The first-order chi connectivity index (χ1) is 10.4. The summed E-state index contributed by atoms with van der Waals surface area (Å²) in [5.74, 6) is 0.819. The number of anilines is 1. The number of nitrogens with two attached hydrogens (primary N) is 1. The molecule has 0 saturated heterocycles. The van der Waals surface area contributed by atoms with Crippen LogP contribution in [0.15, 0.2) is 42.9 Å². The fourth-order valence-electron chi connectivity index (χ4n) is 2.22. The first-order valence-electron chi connectivity index (χ1n) is 7.08. The summed E-state index contributed by atoms with van der Waals surface area (Å²) in [6.45, 7) is 1.56. The highest BCUT2D eigenvalue weighted by Crippen LogP contribution is 2.21. The molecule has 0 saturated carbocycles. The number of hydrogen-bond donors (Lipinski definition) is 2. The molecular formula is C15H18N6. The fourth-order valence-corrected chi connectivity index (χ4v) is 2.22. The van der Waals surface area contributed by atoms with Gasteiger partial charge in [-0.3, -0.25) is 0 Å². The minimum Gasteiger partial charge on any atom is -0.369 e. The summed E-state index contributed by atoms with van der Waals surface area (Å²) in [4.78, 5) is 8.66. The molecule has 0 spiro atoms. The molecule has 0 bridgehead atoms. The average molecular weight is 282 g/mol. The third-order valence-electron chi connectivity index (χ3n) is 3.29. The second-order valence-corrected chi connectivity index (χ2v) is 4.77. The van der Waals surface area contributed by atoms with E-state index in [4.69, 9.17) is 5.73 Å². The Kier molecular flexibility index (Phi) is 4.07. The summed E-state index contributed by atoms with van der Waals surface area (Å²) in [6.07, 6.45) is 5.39. The first kappa shape index (κ1) is 13.5. The van der Waals surface area contributed by atoms with Crippen molar-refractivity contribution in [1.82, 2.24) is 19.7 Å². The molecule has 0 fully saturated rings. The molecule has 6 heteroatoms. The van der Waals surface area contributed by atoms with Crippen LogP contribution in [-0.4, -0.2) is 32.8 Å². The van der Waals surface area contributed by atoms with Gasteiger partial charge in [0.15, 0.2) is 5.65 Å². The van der Waals surface area contributed by atoms with Crippen molar-refractivity contribution < 1.29 is 0 Å². The monoisotopic (exact) mass is 282 g/mol. The molecule has 0 aliphatic heterocycles. The van der Waals surface area contributed by atoms with Gasteiger partial charge in [0, 0.05) is 6.54 Å². The van der Waals surface area contributed by atoms with Gasteiger partial charge in [0.1, 0.15) is 12.1 Å². The van der Waals surface area contributed by atoms with Crippen molar-refractivity contribution in [3.05, 3.63) is 42.9 Å². The molecule has 3 N–H and O–H groups in total. The molecule has 3 rings (SSSR count). The van der Waals surface area contributed by atoms with Gasteiger partial charge in [0.05, 0.1) is 17.3 Å². The number of benzene rings is 1. The molecular weight excluding hydrogens is 264 g/mol. The molecule has 0 aliphatic rings. The third kappa shape index (κ3) is 2.85. The zero-order chi connectivity index (χ0) is 14.5. The Morgan fingerprint density at radius 2 is 1.95 bits per heavy atom. The van der Waals surface area contributed by atoms with Crippen LogP contribution < -0.4 is 11.1 Å². The van der Waals surface area contributed by atoms with E-state index in [0.29, 0.717) is 6.54 Å². The Morgan fingerprint density at radius 1 is 1.10 bits per heavy atom. The Morgan fingerprint density at radius 3 is 2.76 bits per heavy atom. The van der Waals surface area contributed by atoms with Gasteiger partial charge in [-0.05, 0) is 31.5 Å². The second-order valence-electron chi connectivity index (χ2n) is 4.77. The number of hydrogen-bond acceptors (Lipinski definition) is 5. The van der Waals surface area contributed by atoms with Gasteiger partial charge in [-0.25, -0.2) is 14.6 Å². The molecule has 0 aliphatic carbocycles. The summed E-state index contributed by atoms with van der Waals surface area (Å²) >= 11 is 0. The lowest BCUT2D eigenvalue weighted by atomic mass is 10.3. The van der Waals surface area contributed by atoms with Gasteiger partial charge in [-0.1, -0.05) is 18.2 Å². The van der Waals surface area contributed by atoms with Gasteiger partial charge in [-0.2, -0.15) is 5.10 Å². The van der Waals surface area contributed by atoms with Crippen molar-refractivity contribution in [1.29, 1.82) is 0 Å². The fraction of sp³-hybridized carbons (Fsp3) is 0.267. The maximum absolute atomic E-state index is 5.50. The smallest absolute Gasteiger partial charge is 0.168 e. The number of nitrogens with zero attached hydrogens (tertiary/aromatic N) is 4. The largest absolute Gasteiger partial charge is 0.369 e. The standard InChI is InChI=1S/C15H18N6/c16-8-4-5-9-17-14-13-10-20-21(15(13)19-11-18-14)12-6-2-1-3-7-12/h1-3,6-7,10-11H,4-5,8-9,16H2,(H,17,18,19). The Bertz CT molecular complexity index is 707. The van der Waals surface area contributed by atoms with E-state index >= 15 is 0 Å². The van der Waals surface area contributed by atoms with Crippen molar-refractivity contribution in [3.63, 3.8) is 0 Å². The Hall–Kier alpha value is -2.47. The maximum Gasteiger partial charge on any atom is 0.168 e. The molecule has 6 nitrogen and oxygen atoms in total. The number of aromatic nitrogens is 4. The lowest BCUT2D eigenvalue weighted by molar-refractivity contribution is 0.772. The highest BCUT2D eigenvalue weighted by Gasteiger charge is 2.10. The second kappa shape index (κ2) is 6.32. The summed E-state index contributed by atoms with van der Waals surface area (Å²) in [5.41, 5.74) is 7.29. The van der Waals surface area contributed by atoms with Crippen molar-refractivity contribution >= 4 is 16.9 Å². The molecule has 2 heterocycles. The predicted molar refractivity (Wildman–Crippen MR) is 83.4 cm³/mol. The van der Waals surface area contributed by atoms with E-state index in [2.05, 4.69) is 20.4 Å².